The summed E-state index contributed by atoms with van der Waals surface area (Å²) in [4.78, 5) is 13.2. The Labute approximate surface area is 148 Å². The number of allylic oxidation sites excluding steroid dienone is 1. The van der Waals surface area contributed by atoms with Gasteiger partial charge < -0.3 is 9.16 Å². The molecule has 0 aromatic heterocycles. The van der Waals surface area contributed by atoms with Crippen molar-refractivity contribution in [1.82, 2.24) is 0 Å². The van der Waals surface area contributed by atoms with Crippen molar-refractivity contribution in [3.8, 4) is 0 Å². The Kier molecular flexibility index (Phi) is 4.22. The van der Waals surface area contributed by atoms with Crippen molar-refractivity contribution in [2.75, 3.05) is 0 Å². The Morgan fingerprint density at radius 1 is 1.25 bits per heavy atom. The standard InChI is InChI=1S/C20H34O3Si/c1-12-9-14-16-11-13(2)20(6,22-16)18(15(10-12)17(14)21)23-24(7,8)19(3,4)5/h13-16,18H,1,9-11H2,2-8H3/t13-,14+,15+,16+,18?,20-/m0/s1. The van der Waals surface area contributed by atoms with Gasteiger partial charge in [-0.1, -0.05) is 39.8 Å². The monoisotopic (exact) mass is 350 g/mol. The van der Waals surface area contributed by atoms with Crippen LogP contribution in [0.2, 0.25) is 18.1 Å². The van der Waals surface area contributed by atoms with Gasteiger partial charge in [-0.05, 0) is 50.2 Å². The van der Waals surface area contributed by atoms with E-state index in [4.69, 9.17) is 9.16 Å². The highest BCUT2D eigenvalue weighted by atomic mass is 28.4. The lowest BCUT2D eigenvalue weighted by atomic mass is 9.66. The van der Waals surface area contributed by atoms with Gasteiger partial charge in [0.1, 0.15) is 5.78 Å². The zero-order valence-corrected chi connectivity index (χ0v) is 17.4. The van der Waals surface area contributed by atoms with Crippen LogP contribution in [0.25, 0.3) is 0 Å². The molecular weight excluding hydrogens is 316 g/mol. The van der Waals surface area contributed by atoms with Crippen LogP contribution in [0, 0.1) is 17.8 Å². The molecule has 3 nitrogen and oxygen atoms in total. The van der Waals surface area contributed by atoms with E-state index in [-0.39, 0.29) is 34.7 Å². The first kappa shape index (κ1) is 18.3. The van der Waals surface area contributed by atoms with Gasteiger partial charge in [0.25, 0.3) is 0 Å². The van der Waals surface area contributed by atoms with E-state index in [2.05, 4.69) is 54.3 Å². The number of ketones is 1. The third-order valence-electron chi connectivity index (χ3n) is 7.32. The van der Waals surface area contributed by atoms with Gasteiger partial charge in [-0.2, -0.15) is 0 Å². The smallest absolute Gasteiger partial charge is 0.192 e. The van der Waals surface area contributed by atoms with Crippen LogP contribution < -0.4 is 0 Å². The lowest BCUT2D eigenvalue weighted by molar-refractivity contribution is -0.134. The second-order valence-electron chi connectivity index (χ2n) is 10.0. The second kappa shape index (κ2) is 5.52. The van der Waals surface area contributed by atoms with E-state index in [1.54, 1.807) is 0 Å². The Morgan fingerprint density at radius 2 is 1.83 bits per heavy atom. The maximum Gasteiger partial charge on any atom is 0.192 e. The molecule has 136 valence electrons. The summed E-state index contributed by atoms with van der Waals surface area (Å²) in [7, 11) is -2.00. The van der Waals surface area contributed by atoms with Gasteiger partial charge in [0.15, 0.2) is 8.32 Å². The molecule has 2 heterocycles. The summed E-state index contributed by atoms with van der Waals surface area (Å²) in [6, 6.07) is 0. The van der Waals surface area contributed by atoms with Crippen LogP contribution in [-0.4, -0.2) is 31.9 Å². The number of carbonyl (C=O) groups is 1. The molecular formula is C20H34O3Si. The Morgan fingerprint density at radius 3 is 2.42 bits per heavy atom. The van der Waals surface area contributed by atoms with Gasteiger partial charge in [-0.3, -0.25) is 4.79 Å². The topological polar surface area (TPSA) is 35.5 Å². The van der Waals surface area contributed by atoms with Gasteiger partial charge >= 0.3 is 0 Å². The van der Waals surface area contributed by atoms with Gasteiger partial charge in [0.05, 0.1) is 17.8 Å². The lowest BCUT2D eigenvalue weighted by Gasteiger charge is -2.48. The number of rotatable bonds is 2. The molecule has 4 heteroatoms. The quantitative estimate of drug-likeness (QED) is 0.534. The van der Waals surface area contributed by atoms with Gasteiger partial charge in [0, 0.05) is 11.8 Å². The largest absolute Gasteiger partial charge is 0.410 e. The van der Waals surface area contributed by atoms with Crippen LogP contribution >= 0.6 is 0 Å². The predicted molar refractivity (Wildman–Crippen MR) is 99.5 cm³/mol. The number of carbonyl (C=O) groups excluding carboxylic acids is 1. The van der Waals surface area contributed by atoms with Crippen LogP contribution in [0.3, 0.4) is 0 Å². The van der Waals surface area contributed by atoms with E-state index < -0.39 is 8.32 Å². The molecule has 1 aliphatic carbocycles. The number of Topliss-reactive ketones (excluding diaryl/α,β-unsaturated/α-hetero) is 1. The van der Waals surface area contributed by atoms with Crippen LogP contribution in [0.5, 0.6) is 0 Å². The molecule has 0 N–H and O–H groups in total. The molecule has 0 spiro atoms. The fourth-order valence-electron chi connectivity index (χ4n) is 4.51. The first-order valence-corrected chi connectivity index (χ1v) is 12.3. The average Bonchev–Trinajstić information content (AvgIpc) is 2.72. The zero-order chi connectivity index (χ0) is 18.1. The van der Waals surface area contributed by atoms with Crippen molar-refractivity contribution >= 4 is 14.1 Å². The number of fused-ring (bicyclic) bond motifs is 5. The normalized spacial score (nSPS) is 43.0. The van der Waals surface area contributed by atoms with Crippen molar-refractivity contribution in [3.05, 3.63) is 12.2 Å². The fraction of sp³-hybridized carbons (Fsp3) is 0.850. The maximum atomic E-state index is 13.2. The van der Waals surface area contributed by atoms with E-state index in [1.165, 1.54) is 5.57 Å². The molecule has 0 aromatic carbocycles. The molecule has 2 saturated heterocycles. The van der Waals surface area contributed by atoms with Gasteiger partial charge in [0.2, 0.25) is 0 Å². The van der Waals surface area contributed by atoms with E-state index in [9.17, 15) is 4.79 Å². The molecule has 0 radical (unpaired) electrons. The highest BCUT2D eigenvalue weighted by molar-refractivity contribution is 6.74. The maximum absolute atomic E-state index is 13.2. The van der Waals surface area contributed by atoms with Crippen molar-refractivity contribution in [2.24, 2.45) is 17.8 Å². The van der Waals surface area contributed by atoms with Crippen molar-refractivity contribution in [3.63, 3.8) is 0 Å². The average molecular weight is 351 g/mol. The highest BCUT2D eigenvalue weighted by Crippen LogP contribution is 2.53. The number of hydrogen-bond acceptors (Lipinski definition) is 3. The third kappa shape index (κ3) is 2.65. The van der Waals surface area contributed by atoms with Crippen molar-refractivity contribution in [1.29, 1.82) is 0 Å². The fourth-order valence-corrected chi connectivity index (χ4v) is 5.90. The minimum absolute atomic E-state index is 0.00598. The molecule has 0 amide bonds. The molecule has 2 aliphatic heterocycles. The minimum atomic E-state index is -2.00. The molecule has 3 rings (SSSR count). The van der Waals surface area contributed by atoms with Crippen LogP contribution in [0.4, 0.5) is 0 Å². The Balaban J connectivity index is 2.03. The molecule has 6 atom stereocenters. The van der Waals surface area contributed by atoms with E-state index in [1.807, 2.05) is 0 Å². The van der Waals surface area contributed by atoms with Gasteiger partial charge in [-0.25, -0.2) is 0 Å². The lowest BCUT2D eigenvalue weighted by Crippen LogP contribution is -2.57. The molecule has 1 unspecified atom stereocenters. The molecule has 3 fully saturated rings. The van der Waals surface area contributed by atoms with Crippen LogP contribution in [-0.2, 0) is 14.0 Å². The van der Waals surface area contributed by atoms with Crippen molar-refractivity contribution in [2.45, 2.75) is 89.8 Å². The predicted octanol–water partition coefficient (Wildman–Crippen LogP) is 4.73. The first-order valence-electron chi connectivity index (χ1n) is 9.43. The highest BCUT2D eigenvalue weighted by Gasteiger charge is 2.61. The summed E-state index contributed by atoms with van der Waals surface area (Å²) in [6.07, 6.45) is 2.44. The van der Waals surface area contributed by atoms with E-state index in [0.717, 1.165) is 19.3 Å². The Bertz CT molecular complexity index is 562. The first-order chi connectivity index (χ1) is 10.9. The molecule has 1 saturated carbocycles. The number of ether oxygens (including phenoxy) is 1. The summed E-state index contributed by atoms with van der Waals surface area (Å²) in [6.45, 7) is 20.0. The summed E-state index contributed by atoms with van der Waals surface area (Å²) in [5, 5.41) is 0.116. The molecule has 0 aromatic rings. The van der Waals surface area contributed by atoms with Gasteiger partial charge in [-0.15, -0.1) is 0 Å². The SMILES string of the molecule is C=C1C[C@@H]2C(=O)[C@H](C1)[C@H]1C[C@H](C)[C@](C)(O1)C2O[Si](C)(C)C(C)(C)C. The summed E-state index contributed by atoms with van der Waals surface area (Å²) in [5.41, 5.74) is 0.834. The zero-order valence-electron chi connectivity index (χ0n) is 16.4. The summed E-state index contributed by atoms with van der Waals surface area (Å²) in [5.74, 6) is 0.699. The van der Waals surface area contributed by atoms with Crippen LogP contribution in [0.15, 0.2) is 12.2 Å². The molecule has 3 aliphatic rings. The molecule has 4 bridgehead atoms. The van der Waals surface area contributed by atoms with E-state index in [0.29, 0.717) is 11.7 Å². The van der Waals surface area contributed by atoms with E-state index >= 15 is 0 Å². The van der Waals surface area contributed by atoms with Crippen LogP contribution in [0.1, 0.15) is 53.9 Å². The second-order valence-corrected chi connectivity index (χ2v) is 14.8. The molecule has 24 heavy (non-hydrogen) atoms. The summed E-state index contributed by atoms with van der Waals surface area (Å²) < 4.78 is 13.4. The third-order valence-corrected chi connectivity index (χ3v) is 11.8. The van der Waals surface area contributed by atoms with Crippen molar-refractivity contribution < 1.29 is 14.0 Å². The minimum Gasteiger partial charge on any atom is -0.410 e. The number of hydrogen-bond donors (Lipinski definition) is 0. The Hall–Kier alpha value is -0.453. The summed E-state index contributed by atoms with van der Waals surface area (Å²) >= 11 is 0.